The number of hydrogen-bond donors (Lipinski definition) is 0. The van der Waals surface area contributed by atoms with E-state index in [9.17, 15) is 0 Å². The Balaban J connectivity index is 0.000000980. The summed E-state index contributed by atoms with van der Waals surface area (Å²) in [5.41, 5.74) is 0. The fourth-order valence-electron chi connectivity index (χ4n) is 2.87. The second-order valence-electron chi connectivity index (χ2n) is 4.84. The van der Waals surface area contributed by atoms with Gasteiger partial charge in [-0.25, -0.2) is 0 Å². The van der Waals surface area contributed by atoms with Crippen molar-refractivity contribution in [3.8, 4) is 0 Å². The van der Waals surface area contributed by atoms with Gasteiger partial charge >= 0.3 is 93.2 Å². The van der Waals surface area contributed by atoms with E-state index in [1.807, 2.05) is 0 Å². The van der Waals surface area contributed by atoms with Crippen LogP contribution in [0.4, 0.5) is 0 Å². The van der Waals surface area contributed by atoms with Gasteiger partial charge < -0.3 is 0 Å². The van der Waals surface area contributed by atoms with Crippen molar-refractivity contribution in [2.24, 2.45) is 0 Å². The molecule has 15 heavy (non-hydrogen) atoms. The first-order chi connectivity index (χ1) is 6.45. The van der Waals surface area contributed by atoms with Crippen LogP contribution in [0.2, 0.25) is 7.87 Å². The van der Waals surface area contributed by atoms with Crippen LogP contribution < -0.4 is 0 Å². The van der Waals surface area contributed by atoms with Crippen molar-refractivity contribution in [3.05, 3.63) is 0 Å². The normalized spacial score (nSPS) is 24.0. The average Bonchev–Trinajstić information content (AvgIpc) is 2.21. The molecule has 0 nitrogen and oxygen atoms in total. The first-order valence-electron chi connectivity index (χ1n) is 6.21. The predicted molar refractivity (Wildman–Crippen MR) is 90.3 cm³/mol. The fourth-order valence-corrected chi connectivity index (χ4v) is 9.01. The minimum absolute atomic E-state index is 0. The van der Waals surface area contributed by atoms with E-state index in [-0.39, 0.29) is 69.1 Å². The Morgan fingerprint density at radius 1 is 0.533 bits per heavy atom. The zero-order valence-corrected chi connectivity index (χ0v) is 17.1. The maximum absolute atomic E-state index is 1.63. The largest absolute Gasteiger partial charge is 0.107 e. The third kappa shape index (κ3) is 6.67. The van der Waals surface area contributed by atoms with Crippen LogP contribution in [0.3, 0.4) is 0 Å². The molecule has 2 rings (SSSR count). The van der Waals surface area contributed by atoms with E-state index in [0.717, 1.165) is 0 Å². The minimum Gasteiger partial charge on any atom is -0.107 e. The molecule has 0 heterocycles. The number of halogens is 2. The van der Waals surface area contributed by atoms with Gasteiger partial charge in [0, 0.05) is 0 Å². The van der Waals surface area contributed by atoms with Crippen LogP contribution in [0.1, 0.15) is 64.2 Å². The van der Waals surface area contributed by atoms with Gasteiger partial charge in [-0.3, -0.25) is 0 Å². The van der Waals surface area contributed by atoms with Gasteiger partial charge in [0.15, 0.2) is 0 Å². The Hall–Kier alpha value is 2.26. The molecule has 2 fully saturated rings. The Kier molecular flexibility index (Phi) is 11.7. The van der Waals surface area contributed by atoms with Crippen molar-refractivity contribution < 1.29 is 0 Å². The van der Waals surface area contributed by atoms with Gasteiger partial charge in [-0.15, -0.1) is 48.0 Å². The standard InChI is InChI=1S/2C6H11.2HI.Sn/c2*1-2-4-6-5-3-1;;;/h2*1H,2-6H2;2*1H;. The summed E-state index contributed by atoms with van der Waals surface area (Å²) in [5, 5.41) is 0. The van der Waals surface area contributed by atoms with E-state index in [2.05, 4.69) is 0 Å². The molecule has 0 amide bonds. The summed E-state index contributed by atoms with van der Waals surface area (Å²) in [6.45, 7) is 0. The van der Waals surface area contributed by atoms with Gasteiger partial charge in [-0.1, -0.05) is 0 Å². The molecule has 2 aliphatic rings. The molecule has 0 aromatic carbocycles. The smallest absolute Gasteiger partial charge is 0.107 e. The molecular formula is C12H24I2Sn. The summed E-state index contributed by atoms with van der Waals surface area (Å²) in [6.07, 6.45) is 15.9. The molecule has 0 spiro atoms. The molecule has 3 heteroatoms. The molecule has 0 unspecified atom stereocenters. The van der Waals surface area contributed by atoms with Crippen LogP contribution in [0.5, 0.6) is 0 Å². The van der Waals surface area contributed by atoms with Crippen molar-refractivity contribution in [1.82, 2.24) is 0 Å². The Bertz CT molecular complexity index is 125. The summed E-state index contributed by atoms with van der Waals surface area (Å²) in [6, 6.07) is 0. The monoisotopic (exact) mass is 542 g/mol. The van der Waals surface area contributed by atoms with Gasteiger partial charge in [-0.05, 0) is 0 Å². The van der Waals surface area contributed by atoms with E-state index >= 15 is 0 Å². The second-order valence-corrected chi connectivity index (χ2v) is 10.4. The molecule has 2 radical (unpaired) electrons. The summed E-state index contributed by atoms with van der Waals surface area (Å²) in [5.74, 6) is 0. The number of hydrogen-bond acceptors (Lipinski definition) is 0. The molecular weight excluding hydrogens is 517 g/mol. The molecule has 0 aromatic rings. The second kappa shape index (κ2) is 10.2. The predicted octanol–water partition coefficient (Wildman–Crippen LogP) is 5.43. The molecule has 0 N–H and O–H groups in total. The van der Waals surface area contributed by atoms with E-state index in [0.29, 0.717) is 0 Å². The van der Waals surface area contributed by atoms with Crippen LogP contribution in [-0.2, 0) is 0 Å². The van der Waals surface area contributed by atoms with Crippen molar-refractivity contribution in [2.45, 2.75) is 72.1 Å². The van der Waals surface area contributed by atoms with Crippen molar-refractivity contribution in [1.29, 1.82) is 0 Å². The zero-order valence-electron chi connectivity index (χ0n) is 9.54. The minimum atomic E-state index is 0. The van der Waals surface area contributed by atoms with Crippen molar-refractivity contribution in [3.63, 3.8) is 0 Å². The van der Waals surface area contributed by atoms with Crippen molar-refractivity contribution >= 4 is 69.1 Å². The summed E-state index contributed by atoms with van der Waals surface area (Å²) < 4.78 is 2.58. The maximum Gasteiger partial charge on any atom is -0.107 e. The molecule has 0 aromatic heterocycles. The molecule has 0 aliphatic heterocycles. The third-order valence-electron chi connectivity index (χ3n) is 3.68. The van der Waals surface area contributed by atoms with Crippen LogP contribution in [0.15, 0.2) is 0 Å². The molecule has 2 aliphatic carbocycles. The van der Waals surface area contributed by atoms with Crippen molar-refractivity contribution in [2.75, 3.05) is 0 Å². The quantitative estimate of drug-likeness (QED) is 0.324. The number of rotatable bonds is 2. The van der Waals surface area contributed by atoms with Crippen LogP contribution in [-0.4, -0.2) is 21.1 Å². The van der Waals surface area contributed by atoms with E-state index < -0.39 is 0 Å². The average molecular weight is 541 g/mol. The van der Waals surface area contributed by atoms with Crippen LogP contribution >= 0.6 is 48.0 Å². The Labute approximate surface area is 139 Å². The van der Waals surface area contributed by atoms with E-state index in [4.69, 9.17) is 0 Å². The molecule has 2 saturated carbocycles. The van der Waals surface area contributed by atoms with Gasteiger partial charge in [0.1, 0.15) is 0 Å². The van der Waals surface area contributed by atoms with E-state index in [1.54, 1.807) is 64.2 Å². The van der Waals surface area contributed by atoms with Gasteiger partial charge in [0.05, 0.1) is 0 Å². The van der Waals surface area contributed by atoms with Gasteiger partial charge in [-0.2, -0.15) is 0 Å². The van der Waals surface area contributed by atoms with Gasteiger partial charge in [0.2, 0.25) is 0 Å². The zero-order chi connectivity index (χ0) is 8.93. The Morgan fingerprint density at radius 3 is 1.20 bits per heavy atom. The fraction of sp³-hybridized carbons (Fsp3) is 1.00. The molecule has 90 valence electrons. The summed E-state index contributed by atoms with van der Waals surface area (Å²) >= 11 is 0.0367. The van der Waals surface area contributed by atoms with Crippen LogP contribution in [0.25, 0.3) is 0 Å². The molecule has 0 atom stereocenters. The summed E-state index contributed by atoms with van der Waals surface area (Å²) in [7, 11) is 0. The van der Waals surface area contributed by atoms with E-state index in [1.165, 1.54) is 7.87 Å². The SMILES string of the molecule is C1CC[CH]([Sn][CH]2CCCCC2)CC1.I.I. The molecule has 0 saturated heterocycles. The first kappa shape index (κ1) is 17.3. The molecule has 0 bridgehead atoms. The first-order valence-corrected chi connectivity index (χ1v) is 9.51. The van der Waals surface area contributed by atoms with Gasteiger partial charge in [0.25, 0.3) is 0 Å². The topological polar surface area (TPSA) is 0 Å². The maximum atomic E-state index is 1.63. The van der Waals surface area contributed by atoms with Crippen LogP contribution in [0, 0.1) is 0 Å². The summed E-state index contributed by atoms with van der Waals surface area (Å²) in [4.78, 5) is 0. The Morgan fingerprint density at radius 2 is 0.867 bits per heavy atom. The third-order valence-corrected chi connectivity index (χ3v) is 9.67.